The van der Waals surface area contributed by atoms with Gasteiger partial charge >= 0.3 is 0 Å². The Morgan fingerprint density at radius 2 is 1.97 bits per heavy atom. The Balaban J connectivity index is 0.00000272. The van der Waals surface area contributed by atoms with E-state index in [4.69, 9.17) is 14.1 Å². The molecule has 4 heterocycles. The molecule has 2 fully saturated rings. The molecule has 0 bridgehead atoms. The van der Waals surface area contributed by atoms with E-state index in [0.717, 1.165) is 83.2 Å². The molecule has 170 valence electrons. The van der Waals surface area contributed by atoms with E-state index in [-0.39, 0.29) is 24.0 Å². The normalized spacial score (nSPS) is 19.8. The Labute approximate surface area is 202 Å². The second kappa shape index (κ2) is 12.9. The number of nitrogens with one attached hydrogen (secondary N) is 2. The molecule has 31 heavy (non-hydrogen) atoms. The molecule has 1 unspecified atom stereocenters. The third-order valence-corrected chi connectivity index (χ3v) is 5.92. The van der Waals surface area contributed by atoms with Gasteiger partial charge < -0.3 is 24.7 Å². The zero-order valence-corrected chi connectivity index (χ0v) is 20.4. The molecule has 0 saturated carbocycles. The monoisotopic (exact) mass is 539 g/mol. The second-order valence-electron chi connectivity index (χ2n) is 8.10. The summed E-state index contributed by atoms with van der Waals surface area (Å²) in [6.45, 7) is 5.49. The van der Waals surface area contributed by atoms with Gasteiger partial charge in [0.2, 0.25) is 0 Å². The molecule has 0 amide bonds. The first kappa shape index (κ1) is 23.8. The van der Waals surface area contributed by atoms with Gasteiger partial charge in [-0.3, -0.25) is 9.98 Å². The van der Waals surface area contributed by atoms with Crippen LogP contribution in [0.4, 0.5) is 5.69 Å². The van der Waals surface area contributed by atoms with Crippen LogP contribution in [0.5, 0.6) is 0 Å². The number of piperidine rings is 1. The van der Waals surface area contributed by atoms with Gasteiger partial charge in [0, 0.05) is 63.8 Å². The number of hydrogen-bond donors (Lipinski definition) is 2. The molecular weight excluding hydrogens is 505 g/mol. The minimum Gasteiger partial charge on any atom is -0.469 e. The van der Waals surface area contributed by atoms with Crippen LogP contribution in [0.25, 0.3) is 0 Å². The van der Waals surface area contributed by atoms with Crippen LogP contribution < -0.4 is 15.5 Å². The van der Waals surface area contributed by atoms with Crippen molar-refractivity contribution in [3.05, 3.63) is 48.7 Å². The predicted octanol–water partition coefficient (Wildman–Crippen LogP) is 3.47. The number of anilines is 1. The summed E-state index contributed by atoms with van der Waals surface area (Å²) in [5.74, 6) is 2.49. The number of aliphatic imine (C=N–C) groups is 1. The molecule has 8 heteroatoms. The zero-order valence-electron chi connectivity index (χ0n) is 18.0. The fraction of sp³-hybridized carbons (Fsp3) is 0.565. The highest BCUT2D eigenvalue weighted by Crippen LogP contribution is 2.22. The van der Waals surface area contributed by atoms with Crippen molar-refractivity contribution in [3.8, 4) is 0 Å². The van der Waals surface area contributed by atoms with Gasteiger partial charge in [-0.05, 0) is 55.9 Å². The van der Waals surface area contributed by atoms with Gasteiger partial charge in [0.1, 0.15) is 5.76 Å². The summed E-state index contributed by atoms with van der Waals surface area (Å²) in [5.41, 5.74) is 1.27. The van der Waals surface area contributed by atoms with Crippen LogP contribution in [-0.2, 0) is 11.2 Å². The Morgan fingerprint density at radius 1 is 1.13 bits per heavy atom. The van der Waals surface area contributed by atoms with Crippen LogP contribution in [0.3, 0.4) is 0 Å². The molecule has 2 aliphatic rings. The maximum absolute atomic E-state index is 5.74. The summed E-state index contributed by atoms with van der Waals surface area (Å²) in [4.78, 5) is 11.5. The number of halogens is 1. The number of furan rings is 1. The molecule has 4 rings (SSSR count). The molecule has 7 nitrogen and oxygen atoms in total. The number of guanidine groups is 1. The van der Waals surface area contributed by atoms with Gasteiger partial charge in [-0.2, -0.15) is 0 Å². The molecule has 2 saturated heterocycles. The van der Waals surface area contributed by atoms with Crippen LogP contribution in [-0.4, -0.2) is 56.4 Å². The lowest BCUT2D eigenvalue weighted by Crippen LogP contribution is -2.42. The van der Waals surface area contributed by atoms with Crippen LogP contribution in [0.2, 0.25) is 0 Å². The average molecular weight is 539 g/mol. The van der Waals surface area contributed by atoms with Crippen molar-refractivity contribution < 1.29 is 9.15 Å². The lowest BCUT2D eigenvalue weighted by atomic mass is 9.97. The van der Waals surface area contributed by atoms with Crippen molar-refractivity contribution >= 4 is 35.6 Å². The van der Waals surface area contributed by atoms with Crippen molar-refractivity contribution in [3.63, 3.8) is 0 Å². The number of aromatic nitrogens is 1. The summed E-state index contributed by atoms with van der Waals surface area (Å²) in [7, 11) is 0. The predicted molar refractivity (Wildman–Crippen MR) is 134 cm³/mol. The fourth-order valence-electron chi connectivity index (χ4n) is 4.10. The molecule has 0 radical (unpaired) electrons. The molecule has 2 N–H and O–H groups in total. The maximum atomic E-state index is 5.74. The summed E-state index contributed by atoms with van der Waals surface area (Å²) in [6.07, 6.45) is 11.2. The van der Waals surface area contributed by atoms with Crippen molar-refractivity contribution in [2.24, 2.45) is 10.9 Å². The quantitative estimate of drug-likeness (QED) is 0.304. The minimum atomic E-state index is 0. The Hall–Kier alpha value is -1.81. The molecule has 0 spiro atoms. The first-order valence-electron chi connectivity index (χ1n) is 11.2. The average Bonchev–Trinajstić information content (AvgIpc) is 3.51. The minimum absolute atomic E-state index is 0. The number of ether oxygens (including phenoxy) is 1. The zero-order chi connectivity index (χ0) is 20.4. The van der Waals surface area contributed by atoms with Crippen molar-refractivity contribution in [1.82, 2.24) is 15.6 Å². The molecule has 2 aliphatic heterocycles. The van der Waals surface area contributed by atoms with Crippen molar-refractivity contribution in [1.29, 1.82) is 0 Å². The smallest absolute Gasteiger partial charge is 0.191 e. The molecule has 0 aromatic carbocycles. The highest BCUT2D eigenvalue weighted by molar-refractivity contribution is 14.0. The van der Waals surface area contributed by atoms with Gasteiger partial charge in [0.05, 0.1) is 12.4 Å². The number of pyridine rings is 1. The van der Waals surface area contributed by atoms with Crippen LogP contribution in [0.1, 0.15) is 31.4 Å². The topological polar surface area (TPSA) is 74.9 Å². The van der Waals surface area contributed by atoms with E-state index < -0.39 is 0 Å². The van der Waals surface area contributed by atoms with Crippen LogP contribution in [0.15, 0.2) is 52.3 Å². The standard InChI is InChI=1S/C23H33N5O2.HI/c1-3-21(29-15-1)7-12-25-23(27-18-22-4-2-16-30-22)26-17-19-8-13-28(14-9-19)20-5-10-24-11-6-20;/h1,3,5-6,10-11,15,19,22H,2,4,7-9,12-14,16-18H2,(H2,25,26,27);1H. The Kier molecular flexibility index (Phi) is 9.92. The highest BCUT2D eigenvalue weighted by atomic mass is 127. The lowest BCUT2D eigenvalue weighted by molar-refractivity contribution is 0.113. The first-order chi connectivity index (χ1) is 14.9. The summed E-state index contributed by atoms with van der Waals surface area (Å²) >= 11 is 0. The third kappa shape index (κ3) is 7.68. The van der Waals surface area contributed by atoms with E-state index in [0.29, 0.717) is 12.0 Å². The third-order valence-electron chi connectivity index (χ3n) is 5.92. The highest BCUT2D eigenvalue weighted by Gasteiger charge is 2.20. The van der Waals surface area contributed by atoms with Gasteiger partial charge in [-0.1, -0.05) is 0 Å². The molecule has 1 atom stereocenters. The first-order valence-corrected chi connectivity index (χ1v) is 11.2. The molecule has 2 aromatic rings. The van der Waals surface area contributed by atoms with Gasteiger partial charge in [0.25, 0.3) is 0 Å². The summed E-state index contributed by atoms with van der Waals surface area (Å²) in [5, 5.41) is 6.94. The maximum Gasteiger partial charge on any atom is 0.191 e. The van der Waals surface area contributed by atoms with E-state index in [9.17, 15) is 0 Å². The summed E-state index contributed by atoms with van der Waals surface area (Å²) < 4.78 is 11.2. The Morgan fingerprint density at radius 3 is 2.68 bits per heavy atom. The molecule has 0 aliphatic carbocycles. The second-order valence-corrected chi connectivity index (χ2v) is 8.10. The number of rotatable bonds is 8. The van der Waals surface area contributed by atoms with E-state index >= 15 is 0 Å². The van der Waals surface area contributed by atoms with Gasteiger partial charge in [0.15, 0.2) is 5.96 Å². The van der Waals surface area contributed by atoms with Crippen molar-refractivity contribution in [2.45, 2.75) is 38.2 Å². The summed E-state index contributed by atoms with van der Waals surface area (Å²) in [6, 6.07) is 8.12. The van der Waals surface area contributed by atoms with E-state index in [1.54, 1.807) is 6.26 Å². The van der Waals surface area contributed by atoms with E-state index in [2.05, 4.69) is 32.7 Å². The lowest BCUT2D eigenvalue weighted by Gasteiger charge is -2.33. The fourth-order valence-corrected chi connectivity index (χ4v) is 4.10. The van der Waals surface area contributed by atoms with Crippen LogP contribution in [0, 0.1) is 5.92 Å². The van der Waals surface area contributed by atoms with Crippen molar-refractivity contribution in [2.75, 3.05) is 44.2 Å². The largest absolute Gasteiger partial charge is 0.469 e. The van der Waals surface area contributed by atoms with Gasteiger partial charge in [-0.15, -0.1) is 24.0 Å². The Bertz CT molecular complexity index is 758. The SMILES string of the molecule is I.c1coc(CCNC(=NCC2CCN(c3ccncc3)CC2)NCC2CCCO2)c1. The molecule has 2 aromatic heterocycles. The number of hydrogen-bond acceptors (Lipinski definition) is 5. The van der Waals surface area contributed by atoms with E-state index in [1.165, 1.54) is 5.69 Å². The van der Waals surface area contributed by atoms with Gasteiger partial charge in [-0.25, -0.2) is 0 Å². The number of nitrogens with zero attached hydrogens (tertiary/aromatic N) is 3. The van der Waals surface area contributed by atoms with Crippen LogP contribution >= 0.6 is 24.0 Å². The van der Waals surface area contributed by atoms with E-state index in [1.807, 2.05) is 24.5 Å². The molecular formula is C23H34IN5O2.